The Bertz CT molecular complexity index is 2530. The average molecular weight is 591 g/mol. The summed E-state index contributed by atoms with van der Waals surface area (Å²) < 4.78 is 4.62. The molecule has 0 radical (unpaired) electrons. The van der Waals surface area contributed by atoms with Crippen LogP contribution < -0.4 is 0 Å². The second-order valence-corrected chi connectivity index (χ2v) is 12.4. The Morgan fingerprint density at radius 1 is 0.457 bits per heavy atom. The Morgan fingerprint density at radius 3 is 1.39 bits per heavy atom. The Morgan fingerprint density at radius 2 is 0.935 bits per heavy atom. The summed E-state index contributed by atoms with van der Waals surface area (Å²) in [6.07, 6.45) is 0. The van der Waals surface area contributed by atoms with Gasteiger partial charge in [-0.05, 0) is 110 Å². The third-order valence-electron chi connectivity index (χ3n) is 9.16. The minimum absolute atomic E-state index is 0.562. The molecule has 46 heavy (non-hydrogen) atoms. The normalized spacial score (nSPS) is 11.4. The average Bonchev–Trinajstić information content (AvgIpc) is 3.54. The number of nitrogens with zero attached hydrogens (tertiary/aromatic N) is 4. The molecule has 0 aliphatic rings. The van der Waals surface area contributed by atoms with E-state index in [1.54, 1.807) is 0 Å². The number of fused-ring (bicyclic) bond motifs is 6. The lowest BCUT2D eigenvalue weighted by atomic mass is 9.98. The molecule has 2 aromatic heterocycles. The zero-order chi connectivity index (χ0) is 31.7. The van der Waals surface area contributed by atoms with Crippen LogP contribution in [0.5, 0.6) is 0 Å². The van der Waals surface area contributed by atoms with Gasteiger partial charge in [0.1, 0.15) is 6.07 Å². The highest BCUT2D eigenvalue weighted by atomic mass is 15.1. The summed E-state index contributed by atoms with van der Waals surface area (Å²) in [6.45, 7) is 8.47. The van der Waals surface area contributed by atoms with Crippen LogP contribution in [0.25, 0.3) is 66.1 Å². The number of aryl methyl sites for hydroxylation is 4. The number of rotatable bonds is 3. The van der Waals surface area contributed by atoms with Crippen molar-refractivity contribution in [2.24, 2.45) is 0 Å². The van der Waals surface area contributed by atoms with E-state index in [1.165, 1.54) is 0 Å². The van der Waals surface area contributed by atoms with E-state index in [0.717, 1.165) is 88.4 Å². The molecule has 218 valence electrons. The monoisotopic (exact) mass is 590 g/mol. The molecule has 0 saturated carbocycles. The highest BCUT2D eigenvalue weighted by Crippen LogP contribution is 2.42. The standard InChI is InChI=1S/C42H30N4/c1-25-8-12-33-34-13-9-26(2)17-38(34)45(37(33)16-25)41-22-31(30-7-5-6-29(20-30)23-43)21-32(24-44)42(41)46-39-18-27(3)10-14-35(39)36-15-11-28(4)19-40(36)46/h5-22H,1-4H3. The summed E-state index contributed by atoms with van der Waals surface area (Å²) in [6, 6.07) is 43.0. The summed E-state index contributed by atoms with van der Waals surface area (Å²) >= 11 is 0. The fourth-order valence-corrected chi connectivity index (χ4v) is 7.02. The second-order valence-electron chi connectivity index (χ2n) is 12.4. The lowest BCUT2D eigenvalue weighted by Gasteiger charge is -2.20. The van der Waals surface area contributed by atoms with Gasteiger partial charge in [-0.15, -0.1) is 0 Å². The van der Waals surface area contributed by atoms with Gasteiger partial charge in [-0.25, -0.2) is 0 Å². The molecule has 0 spiro atoms. The first-order valence-electron chi connectivity index (χ1n) is 15.5. The quantitative estimate of drug-likeness (QED) is 0.206. The van der Waals surface area contributed by atoms with Gasteiger partial charge in [0.25, 0.3) is 0 Å². The SMILES string of the molecule is Cc1ccc2c3ccc(C)cc3n(-c3cc(-c4cccc(C#N)c4)cc(C#N)c3-n3c4cc(C)ccc4c4ccc(C)cc43)c2c1. The topological polar surface area (TPSA) is 57.4 Å². The summed E-state index contributed by atoms with van der Waals surface area (Å²) in [5.74, 6) is 0. The van der Waals surface area contributed by atoms with Crippen molar-refractivity contribution in [3.8, 4) is 34.6 Å². The van der Waals surface area contributed by atoms with Crippen LogP contribution in [0, 0.1) is 50.4 Å². The van der Waals surface area contributed by atoms with Gasteiger partial charge >= 0.3 is 0 Å². The maximum Gasteiger partial charge on any atom is 0.101 e. The van der Waals surface area contributed by atoms with E-state index in [0.29, 0.717) is 11.1 Å². The van der Waals surface area contributed by atoms with Gasteiger partial charge < -0.3 is 9.13 Å². The summed E-state index contributed by atoms with van der Waals surface area (Å²) in [4.78, 5) is 0. The van der Waals surface area contributed by atoms with Crippen molar-refractivity contribution in [2.45, 2.75) is 27.7 Å². The molecule has 0 unspecified atom stereocenters. The third kappa shape index (κ3) is 4.12. The summed E-state index contributed by atoms with van der Waals surface area (Å²) in [5.41, 5.74) is 13.6. The minimum Gasteiger partial charge on any atom is -0.307 e. The van der Waals surface area contributed by atoms with Crippen LogP contribution in [-0.2, 0) is 0 Å². The van der Waals surface area contributed by atoms with Gasteiger partial charge in [0.2, 0.25) is 0 Å². The molecule has 0 fully saturated rings. The molecule has 2 heterocycles. The molecule has 0 atom stereocenters. The van der Waals surface area contributed by atoms with Crippen LogP contribution in [-0.4, -0.2) is 9.13 Å². The van der Waals surface area contributed by atoms with Gasteiger partial charge in [0, 0.05) is 21.5 Å². The number of aromatic nitrogens is 2. The highest BCUT2D eigenvalue weighted by molar-refractivity contribution is 6.12. The number of hydrogen-bond donors (Lipinski definition) is 0. The largest absolute Gasteiger partial charge is 0.307 e. The van der Waals surface area contributed by atoms with Crippen LogP contribution in [0.15, 0.2) is 109 Å². The van der Waals surface area contributed by atoms with Gasteiger partial charge in [-0.2, -0.15) is 10.5 Å². The Hall–Kier alpha value is -6.10. The van der Waals surface area contributed by atoms with Crippen molar-refractivity contribution < 1.29 is 0 Å². The molecule has 0 aliphatic carbocycles. The molecule has 6 aromatic carbocycles. The van der Waals surface area contributed by atoms with Crippen molar-refractivity contribution in [1.29, 1.82) is 10.5 Å². The van der Waals surface area contributed by atoms with Gasteiger partial charge in [-0.1, -0.05) is 60.7 Å². The molecule has 0 saturated heterocycles. The Kier molecular flexibility index (Phi) is 6.11. The van der Waals surface area contributed by atoms with E-state index in [2.05, 4.69) is 128 Å². The molecular weight excluding hydrogens is 560 g/mol. The maximum absolute atomic E-state index is 11.0. The Balaban J connectivity index is 1.62. The Labute approximate surface area is 267 Å². The predicted octanol–water partition coefficient (Wildman–Crippen LogP) is 10.5. The van der Waals surface area contributed by atoms with Crippen LogP contribution >= 0.6 is 0 Å². The first-order valence-corrected chi connectivity index (χ1v) is 15.5. The van der Waals surface area contributed by atoms with Crippen LogP contribution in [0.1, 0.15) is 33.4 Å². The molecule has 4 nitrogen and oxygen atoms in total. The molecule has 8 aromatic rings. The molecule has 0 N–H and O–H groups in total. The second kappa shape index (κ2) is 10.2. The smallest absolute Gasteiger partial charge is 0.101 e. The molecule has 0 bridgehead atoms. The first kappa shape index (κ1) is 27.4. The zero-order valence-electron chi connectivity index (χ0n) is 26.2. The van der Waals surface area contributed by atoms with Crippen molar-refractivity contribution in [1.82, 2.24) is 9.13 Å². The van der Waals surface area contributed by atoms with E-state index in [9.17, 15) is 10.5 Å². The minimum atomic E-state index is 0.562. The molecule has 0 amide bonds. The summed E-state index contributed by atoms with van der Waals surface area (Å²) in [5, 5.41) is 25.3. The number of benzene rings is 6. The van der Waals surface area contributed by atoms with Crippen molar-refractivity contribution >= 4 is 43.6 Å². The maximum atomic E-state index is 11.0. The van der Waals surface area contributed by atoms with Gasteiger partial charge in [0.05, 0.1) is 50.6 Å². The van der Waals surface area contributed by atoms with Crippen molar-refractivity contribution in [3.63, 3.8) is 0 Å². The van der Waals surface area contributed by atoms with E-state index < -0.39 is 0 Å². The lowest BCUT2D eigenvalue weighted by Crippen LogP contribution is -2.07. The number of hydrogen-bond acceptors (Lipinski definition) is 2. The van der Waals surface area contributed by atoms with Crippen molar-refractivity contribution in [3.05, 3.63) is 143 Å². The van der Waals surface area contributed by atoms with E-state index >= 15 is 0 Å². The molecule has 8 rings (SSSR count). The third-order valence-corrected chi connectivity index (χ3v) is 9.16. The van der Waals surface area contributed by atoms with Crippen LogP contribution in [0.3, 0.4) is 0 Å². The van der Waals surface area contributed by atoms with E-state index in [-0.39, 0.29) is 0 Å². The first-order chi connectivity index (χ1) is 22.3. The van der Waals surface area contributed by atoms with Crippen LogP contribution in [0.4, 0.5) is 0 Å². The summed E-state index contributed by atoms with van der Waals surface area (Å²) in [7, 11) is 0. The molecule has 0 aliphatic heterocycles. The van der Waals surface area contributed by atoms with Crippen LogP contribution in [0.2, 0.25) is 0 Å². The highest BCUT2D eigenvalue weighted by Gasteiger charge is 2.24. The van der Waals surface area contributed by atoms with Gasteiger partial charge in [-0.3, -0.25) is 0 Å². The molecular formula is C42H30N4. The van der Waals surface area contributed by atoms with Crippen molar-refractivity contribution in [2.75, 3.05) is 0 Å². The zero-order valence-corrected chi connectivity index (χ0v) is 26.2. The number of nitriles is 2. The van der Waals surface area contributed by atoms with E-state index in [1.807, 2.05) is 30.3 Å². The fraction of sp³-hybridized carbons (Fsp3) is 0.0952. The molecule has 4 heteroatoms. The lowest BCUT2D eigenvalue weighted by molar-refractivity contribution is 1.08. The van der Waals surface area contributed by atoms with Gasteiger partial charge in [0.15, 0.2) is 0 Å². The fourth-order valence-electron chi connectivity index (χ4n) is 7.02. The van der Waals surface area contributed by atoms with E-state index in [4.69, 9.17) is 0 Å². The predicted molar refractivity (Wildman–Crippen MR) is 189 cm³/mol.